The van der Waals surface area contributed by atoms with Crippen LogP contribution in [0.25, 0.3) is 4.85 Å². The Labute approximate surface area is 73.1 Å². The third kappa shape index (κ3) is 1.85. The van der Waals surface area contributed by atoms with Crippen LogP contribution in [0.3, 0.4) is 0 Å². The van der Waals surface area contributed by atoms with E-state index in [0.29, 0.717) is 5.69 Å². The summed E-state index contributed by atoms with van der Waals surface area (Å²) in [5, 5.41) is 0. The zero-order chi connectivity index (χ0) is 6.69. The van der Waals surface area contributed by atoms with E-state index in [9.17, 15) is 0 Å². The number of rotatable bonds is 0. The maximum Gasteiger partial charge on any atom is 1.00 e. The normalized spacial score (nSPS) is 7.50. The average molecular weight is 123 g/mol. The van der Waals surface area contributed by atoms with Gasteiger partial charge in [-0.25, -0.2) is 4.85 Å². The molecule has 1 rings (SSSR count). The molecule has 0 aliphatic carbocycles. The molecule has 0 spiro atoms. The molecule has 0 aliphatic heterocycles. The molecule has 0 aliphatic rings. The van der Waals surface area contributed by atoms with Crippen molar-refractivity contribution < 1.29 is 18.9 Å². The maximum absolute atomic E-state index is 6.67. The zero-order valence-corrected chi connectivity index (χ0v) is 5.96. The van der Waals surface area contributed by atoms with Gasteiger partial charge in [-0.05, 0) is 6.07 Å². The second-order valence-electron chi connectivity index (χ2n) is 1.74. The van der Waals surface area contributed by atoms with Gasteiger partial charge >= 0.3 is 18.9 Å². The largest absolute Gasteiger partial charge is 1.00 e. The fourth-order valence-electron chi connectivity index (χ4n) is 0.620. The van der Waals surface area contributed by atoms with Crippen LogP contribution in [0, 0.1) is 13.5 Å². The van der Waals surface area contributed by atoms with Crippen LogP contribution in [0.4, 0.5) is 5.69 Å². The molecule has 1 nitrogen and oxygen atoms in total. The number of para-hydroxylation sites is 1. The Morgan fingerprint density at radius 3 is 2.30 bits per heavy atom. The summed E-state index contributed by atoms with van der Waals surface area (Å²) < 4.78 is 0. The maximum atomic E-state index is 6.67. The summed E-state index contributed by atoms with van der Waals surface area (Å²) in [7, 11) is 0. The average Bonchev–Trinajstić information content (AvgIpc) is 1.89. The van der Waals surface area contributed by atoms with Crippen LogP contribution in [0.1, 0.15) is 5.56 Å². The van der Waals surface area contributed by atoms with Gasteiger partial charge in [0.2, 0.25) is 5.69 Å². The first kappa shape index (κ1) is 9.18. The van der Waals surface area contributed by atoms with Crippen LogP contribution < -0.4 is 18.9 Å². The van der Waals surface area contributed by atoms with E-state index in [1.807, 2.05) is 18.2 Å². The Balaban J connectivity index is 0.000000810. The molecule has 0 amide bonds. The van der Waals surface area contributed by atoms with Gasteiger partial charge < -0.3 is 0 Å². The van der Waals surface area contributed by atoms with Gasteiger partial charge in [0.25, 0.3) is 0 Å². The monoisotopic (exact) mass is 123 g/mol. The van der Waals surface area contributed by atoms with E-state index in [-0.39, 0.29) is 18.9 Å². The Hall–Kier alpha value is -0.823. The van der Waals surface area contributed by atoms with Crippen LogP contribution in [0.15, 0.2) is 24.3 Å². The van der Waals surface area contributed by atoms with Crippen molar-refractivity contribution in [3.05, 3.63) is 48.2 Å². The van der Waals surface area contributed by atoms with Gasteiger partial charge in [0, 0.05) is 0 Å². The molecule has 0 bridgehead atoms. The Morgan fingerprint density at radius 1 is 1.30 bits per heavy atom. The first-order chi connectivity index (χ1) is 4.34. The van der Waals surface area contributed by atoms with Crippen molar-refractivity contribution in [2.45, 2.75) is 0 Å². The molecule has 0 heterocycles. The van der Waals surface area contributed by atoms with E-state index >= 15 is 0 Å². The minimum absolute atomic E-state index is 0. The van der Waals surface area contributed by atoms with Crippen molar-refractivity contribution in [2.75, 3.05) is 0 Å². The fraction of sp³-hybridized carbons (Fsp3) is 0. The van der Waals surface area contributed by atoms with Gasteiger partial charge in [-0.15, -0.1) is 11.6 Å². The molecule has 0 radical (unpaired) electrons. The number of hydrogen-bond acceptors (Lipinski definition) is 0. The first-order valence-electron chi connectivity index (χ1n) is 2.63. The van der Waals surface area contributed by atoms with Crippen molar-refractivity contribution in [3.63, 3.8) is 0 Å². The molecular formula is C8H6LiN. The van der Waals surface area contributed by atoms with E-state index in [4.69, 9.17) is 6.57 Å². The molecular weight excluding hydrogens is 117 g/mol. The number of hydrogen-bond donors (Lipinski definition) is 0. The van der Waals surface area contributed by atoms with E-state index in [0.717, 1.165) is 5.56 Å². The molecule has 0 saturated carbocycles. The van der Waals surface area contributed by atoms with Gasteiger partial charge in [0.15, 0.2) is 0 Å². The quantitative estimate of drug-likeness (QED) is 0.321. The summed E-state index contributed by atoms with van der Waals surface area (Å²) in [4.78, 5) is 3.26. The predicted molar refractivity (Wildman–Crippen MR) is 37.2 cm³/mol. The standard InChI is InChI=1S/C8H6N.Li/c1-7-5-3-4-6-8(7)9-2;/h3-6H,1H2;/q-1;+1. The molecule has 1 aromatic rings. The molecule has 0 aromatic heterocycles. The predicted octanol–water partition coefficient (Wildman–Crippen LogP) is -0.576. The molecule has 0 unspecified atom stereocenters. The minimum Gasteiger partial charge on any atom is -0.210 e. The van der Waals surface area contributed by atoms with Gasteiger partial charge in [0.05, 0.1) is 0 Å². The Bertz CT molecular complexity index is 250. The van der Waals surface area contributed by atoms with Crippen LogP contribution in [0.5, 0.6) is 0 Å². The zero-order valence-electron chi connectivity index (χ0n) is 5.96. The smallest absolute Gasteiger partial charge is 0.210 e. The van der Waals surface area contributed by atoms with Crippen molar-refractivity contribution in [1.29, 1.82) is 0 Å². The third-order valence-electron chi connectivity index (χ3n) is 1.11. The molecule has 1 aromatic carbocycles. The van der Waals surface area contributed by atoms with Gasteiger partial charge in [-0.3, -0.25) is 0 Å². The molecule has 0 saturated heterocycles. The summed E-state index contributed by atoms with van der Waals surface area (Å²) in [6, 6.07) is 7.29. The van der Waals surface area contributed by atoms with Crippen molar-refractivity contribution in [3.8, 4) is 0 Å². The summed E-state index contributed by atoms with van der Waals surface area (Å²) in [6.45, 7) is 10.3. The van der Waals surface area contributed by atoms with Crippen LogP contribution in [0.2, 0.25) is 0 Å². The second-order valence-corrected chi connectivity index (χ2v) is 1.74. The van der Waals surface area contributed by atoms with Crippen LogP contribution in [-0.2, 0) is 0 Å². The Morgan fingerprint density at radius 2 is 1.90 bits per heavy atom. The first-order valence-corrected chi connectivity index (χ1v) is 2.63. The topological polar surface area (TPSA) is 4.36 Å². The van der Waals surface area contributed by atoms with Crippen molar-refractivity contribution in [1.82, 2.24) is 0 Å². The minimum atomic E-state index is 0. The van der Waals surface area contributed by atoms with Crippen LogP contribution in [-0.4, -0.2) is 0 Å². The molecule has 2 heteroatoms. The van der Waals surface area contributed by atoms with E-state index in [1.165, 1.54) is 0 Å². The van der Waals surface area contributed by atoms with Gasteiger partial charge in [-0.2, -0.15) is 13.0 Å². The SMILES string of the molecule is [C-]#[N+]c1ccccc1[CH2-].[Li+]. The van der Waals surface area contributed by atoms with E-state index in [2.05, 4.69) is 11.8 Å². The number of benzene rings is 1. The molecule has 44 valence electrons. The molecule has 0 N–H and O–H groups in total. The Kier molecular flexibility index (Phi) is 3.73. The fourth-order valence-corrected chi connectivity index (χ4v) is 0.620. The third-order valence-corrected chi connectivity index (χ3v) is 1.11. The second kappa shape index (κ2) is 4.07. The summed E-state index contributed by atoms with van der Waals surface area (Å²) in [5.41, 5.74) is 1.44. The van der Waals surface area contributed by atoms with Crippen molar-refractivity contribution >= 4 is 5.69 Å². The van der Waals surface area contributed by atoms with Gasteiger partial charge in [0.1, 0.15) is 6.57 Å². The molecule has 0 fully saturated rings. The molecule has 0 atom stereocenters. The van der Waals surface area contributed by atoms with E-state index in [1.54, 1.807) is 6.07 Å². The molecule has 10 heavy (non-hydrogen) atoms. The van der Waals surface area contributed by atoms with E-state index < -0.39 is 0 Å². The summed E-state index contributed by atoms with van der Waals surface area (Å²) in [6.07, 6.45) is 0. The van der Waals surface area contributed by atoms with Crippen molar-refractivity contribution in [2.24, 2.45) is 0 Å². The summed E-state index contributed by atoms with van der Waals surface area (Å²) >= 11 is 0. The summed E-state index contributed by atoms with van der Waals surface area (Å²) in [5.74, 6) is 0. The van der Waals surface area contributed by atoms with Crippen LogP contribution >= 0.6 is 0 Å². The van der Waals surface area contributed by atoms with Gasteiger partial charge in [-0.1, -0.05) is 6.07 Å². The number of nitrogens with zero attached hydrogens (tertiary/aromatic N) is 1.